The lowest BCUT2D eigenvalue weighted by molar-refractivity contribution is -0.870. The number of ether oxygens (including phenoxy) is 2. The van der Waals surface area contributed by atoms with Crippen molar-refractivity contribution < 1.29 is 37.3 Å². The molecule has 0 saturated carbocycles. The molecule has 0 saturated heterocycles. The van der Waals surface area contributed by atoms with Gasteiger partial charge in [0.2, 0.25) is 0 Å². The molecule has 0 heterocycles. The summed E-state index contributed by atoms with van der Waals surface area (Å²) >= 11 is 0. The first-order valence-corrected chi connectivity index (χ1v) is 21.6. The third-order valence-corrected chi connectivity index (χ3v) is 9.53. The molecule has 0 radical (unpaired) electrons. The Morgan fingerprint density at radius 3 is 1.63 bits per heavy atom. The summed E-state index contributed by atoms with van der Waals surface area (Å²) in [6, 6.07) is 0. The average Bonchev–Trinajstić information content (AvgIpc) is 3.04. The smallest absolute Gasteiger partial charge is 0.306 e. The summed E-state index contributed by atoms with van der Waals surface area (Å²) in [4.78, 5) is 24.9. The second-order valence-electron chi connectivity index (χ2n) is 14.7. The van der Waals surface area contributed by atoms with Gasteiger partial charge in [-0.1, -0.05) is 142 Å². The minimum absolute atomic E-state index is 0.0162. The molecule has 2 atom stereocenters. The number of rotatable bonds is 37. The highest BCUT2D eigenvalue weighted by molar-refractivity contribution is 7.45. The van der Waals surface area contributed by atoms with Gasteiger partial charge >= 0.3 is 5.97 Å². The van der Waals surface area contributed by atoms with Crippen LogP contribution in [-0.4, -0.2) is 64.1 Å². The SMILES string of the molecule is CCCC/C=C\CCCCCCCC(=O)O[C@H](CO/C=C\CCCCCCCCCCCCCCCC)COP(=O)([O-])OCC[N+](C)(C)C. The number of phosphoric acid groups is 1. The highest BCUT2D eigenvalue weighted by atomic mass is 31.2. The van der Waals surface area contributed by atoms with E-state index in [4.69, 9.17) is 18.5 Å². The van der Waals surface area contributed by atoms with E-state index >= 15 is 0 Å². The molecule has 0 rings (SSSR count). The zero-order valence-electron chi connectivity index (χ0n) is 32.6. The number of likely N-dealkylation sites (N-methyl/N-ethyl adjacent to an activating group) is 1. The van der Waals surface area contributed by atoms with Crippen LogP contribution in [0.2, 0.25) is 0 Å². The Morgan fingerprint density at radius 1 is 0.633 bits per heavy atom. The summed E-state index contributed by atoms with van der Waals surface area (Å²) in [6.45, 7) is 4.69. The summed E-state index contributed by atoms with van der Waals surface area (Å²) < 4.78 is 34.2. The monoisotopic (exact) mass is 716 g/mol. The van der Waals surface area contributed by atoms with Crippen molar-refractivity contribution in [2.75, 3.05) is 47.5 Å². The average molecular weight is 716 g/mol. The van der Waals surface area contributed by atoms with E-state index in [-0.39, 0.29) is 32.2 Å². The molecule has 0 aromatic carbocycles. The van der Waals surface area contributed by atoms with Crippen LogP contribution in [0.5, 0.6) is 0 Å². The molecule has 0 aliphatic heterocycles. The maximum atomic E-state index is 12.6. The molecule has 0 aliphatic carbocycles. The standard InChI is InChI=1S/C40H78NO7P/c1-6-8-10-12-14-16-18-19-20-21-22-24-26-28-30-32-35-45-37-39(38-47-49(43,44)46-36-34-41(3,4)5)48-40(42)33-31-29-27-25-23-17-15-13-11-9-7-2/h13,15,32,35,39H,6-12,14,16-31,33-34,36-38H2,1-5H3/b15-13-,35-32-/t39-/m1/s1. The maximum Gasteiger partial charge on any atom is 0.306 e. The van der Waals surface area contributed by atoms with Gasteiger partial charge in [0.25, 0.3) is 7.82 Å². The predicted molar refractivity (Wildman–Crippen MR) is 203 cm³/mol. The van der Waals surface area contributed by atoms with Gasteiger partial charge in [0, 0.05) is 6.42 Å². The molecule has 0 aromatic heterocycles. The molecule has 0 spiro atoms. The highest BCUT2D eigenvalue weighted by Gasteiger charge is 2.20. The van der Waals surface area contributed by atoms with E-state index in [1.165, 1.54) is 109 Å². The van der Waals surface area contributed by atoms with E-state index in [2.05, 4.69) is 26.0 Å². The molecule has 8 nitrogen and oxygen atoms in total. The van der Waals surface area contributed by atoms with Gasteiger partial charge in [-0.3, -0.25) is 9.36 Å². The van der Waals surface area contributed by atoms with Crippen LogP contribution in [0.25, 0.3) is 0 Å². The van der Waals surface area contributed by atoms with Crippen LogP contribution in [-0.2, 0) is 27.9 Å². The molecule has 49 heavy (non-hydrogen) atoms. The second kappa shape index (κ2) is 33.9. The number of carbonyl (C=O) groups excluding carboxylic acids is 1. The zero-order valence-corrected chi connectivity index (χ0v) is 33.5. The Kier molecular flexibility index (Phi) is 33.1. The zero-order chi connectivity index (χ0) is 36.3. The van der Waals surface area contributed by atoms with E-state index in [1.54, 1.807) is 6.26 Å². The van der Waals surface area contributed by atoms with Crippen LogP contribution >= 0.6 is 7.82 Å². The van der Waals surface area contributed by atoms with Crippen LogP contribution in [0.3, 0.4) is 0 Å². The topological polar surface area (TPSA) is 94.1 Å². The molecule has 0 aromatic rings. The first kappa shape index (κ1) is 47.8. The molecular weight excluding hydrogens is 637 g/mol. The van der Waals surface area contributed by atoms with Crippen molar-refractivity contribution in [2.45, 2.75) is 180 Å². The van der Waals surface area contributed by atoms with Crippen LogP contribution in [0.15, 0.2) is 24.5 Å². The maximum absolute atomic E-state index is 12.6. The Bertz CT molecular complexity index is 843. The van der Waals surface area contributed by atoms with Crippen molar-refractivity contribution in [3.05, 3.63) is 24.5 Å². The lowest BCUT2D eigenvalue weighted by Gasteiger charge is -2.28. The summed E-state index contributed by atoms with van der Waals surface area (Å²) in [5.74, 6) is -0.367. The third kappa shape index (κ3) is 37.9. The van der Waals surface area contributed by atoms with E-state index in [0.717, 1.165) is 44.9 Å². The van der Waals surface area contributed by atoms with Gasteiger partial charge in [0.15, 0.2) is 6.10 Å². The largest absolute Gasteiger partial charge is 0.756 e. The van der Waals surface area contributed by atoms with Gasteiger partial charge in [0.1, 0.15) is 19.8 Å². The Labute approximate surface area is 303 Å². The predicted octanol–water partition coefficient (Wildman–Crippen LogP) is 11.0. The molecular formula is C40H78NO7P. The van der Waals surface area contributed by atoms with Crippen molar-refractivity contribution >= 4 is 13.8 Å². The van der Waals surface area contributed by atoms with E-state index in [9.17, 15) is 14.3 Å². The number of esters is 1. The first-order valence-electron chi connectivity index (χ1n) is 20.1. The fraction of sp³-hybridized carbons (Fsp3) is 0.875. The van der Waals surface area contributed by atoms with Gasteiger partial charge in [-0.05, 0) is 44.6 Å². The third-order valence-electron chi connectivity index (χ3n) is 8.57. The minimum Gasteiger partial charge on any atom is -0.756 e. The highest BCUT2D eigenvalue weighted by Crippen LogP contribution is 2.38. The number of nitrogens with zero attached hydrogens (tertiary/aromatic N) is 1. The van der Waals surface area contributed by atoms with Crippen molar-refractivity contribution in [1.82, 2.24) is 0 Å². The van der Waals surface area contributed by atoms with E-state index in [0.29, 0.717) is 11.0 Å². The number of carbonyl (C=O) groups is 1. The summed E-state index contributed by atoms with van der Waals surface area (Å²) in [6.07, 6.45) is 37.1. The van der Waals surface area contributed by atoms with Gasteiger partial charge < -0.3 is 27.9 Å². The fourth-order valence-corrected chi connectivity index (χ4v) is 6.10. The molecule has 0 amide bonds. The van der Waals surface area contributed by atoms with Crippen molar-refractivity contribution in [2.24, 2.45) is 0 Å². The molecule has 1 unspecified atom stereocenters. The molecule has 9 heteroatoms. The Hall–Kier alpha value is -1.18. The Morgan fingerprint density at radius 2 is 1.10 bits per heavy atom. The second-order valence-corrected chi connectivity index (χ2v) is 16.1. The first-order chi connectivity index (χ1) is 23.6. The van der Waals surface area contributed by atoms with E-state index in [1.807, 2.05) is 27.2 Å². The van der Waals surface area contributed by atoms with Crippen LogP contribution in [0, 0.1) is 0 Å². The molecule has 290 valence electrons. The normalized spacial score (nSPS) is 14.1. The number of unbranched alkanes of at least 4 members (excludes halogenated alkanes) is 21. The summed E-state index contributed by atoms with van der Waals surface area (Å²) in [5.41, 5.74) is 0. The van der Waals surface area contributed by atoms with Gasteiger partial charge in [-0.2, -0.15) is 0 Å². The van der Waals surface area contributed by atoms with Crippen LogP contribution in [0.1, 0.15) is 174 Å². The minimum atomic E-state index is -4.53. The van der Waals surface area contributed by atoms with Gasteiger partial charge in [-0.25, -0.2) is 0 Å². The number of hydrogen-bond donors (Lipinski definition) is 0. The lowest BCUT2D eigenvalue weighted by Crippen LogP contribution is -2.37. The van der Waals surface area contributed by atoms with Crippen LogP contribution in [0.4, 0.5) is 0 Å². The molecule has 0 N–H and O–H groups in total. The van der Waals surface area contributed by atoms with Crippen molar-refractivity contribution in [1.29, 1.82) is 0 Å². The van der Waals surface area contributed by atoms with Gasteiger partial charge in [0.05, 0.1) is 34.0 Å². The van der Waals surface area contributed by atoms with Crippen molar-refractivity contribution in [3.8, 4) is 0 Å². The fourth-order valence-electron chi connectivity index (χ4n) is 5.37. The number of quaternary nitrogens is 1. The number of allylic oxidation sites excluding steroid dienone is 3. The van der Waals surface area contributed by atoms with Crippen LogP contribution < -0.4 is 4.89 Å². The number of phosphoric ester groups is 1. The molecule has 0 bridgehead atoms. The summed E-state index contributed by atoms with van der Waals surface area (Å²) in [5, 5.41) is 0. The Balaban J connectivity index is 4.31. The molecule has 0 fully saturated rings. The quantitative estimate of drug-likeness (QED) is 0.0158. The van der Waals surface area contributed by atoms with Crippen molar-refractivity contribution in [3.63, 3.8) is 0 Å². The lowest BCUT2D eigenvalue weighted by atomic mass is 10.0. The number of hydrogen-bond acceptors (Lipinski definition) is 7. The summed E-state index contributed by atoms with van der Waals surface area (Å²) in [7, 11) is 1.32. The molecule has 0 aliphatic rings. The van der Waals surface area contributed by atoms with E-state index < -0.39 is 13.9 Å². The van der Waals surface area contributed by atoms with Gasteiger partial charge in [-0.15, -0.1) is 0 Å².